The smallest absolute Gasteiger partial charge is 0.315 e. The van der Waals surface area contributed by atoms with Gasteiger partial charge in [0.1, 0.15) is 12.3 Å². The van der Waals surface area contributed by atoms with Crippen molar-refractivity contribution in [1.82, 2.24) is 41.6 Å². The van der Waals surface area contributed by atoms with Gasteiger partial charge in [0, 0.05) is 41.6 Å². The number of halogens is 2. The highest BCUT2D eigenvalue weighted by molar-refractivity contribution is 8.00. The predicted octanol–water partition coefficient (Wildman–Crippen LogP) is 4.87. The summed E-state index contributed by atoms with van der Waals surface area (Å²) in [7, 11) is 0. The predicted molar refractivity (Wildman–Crippen MR) is 239 cm³/mol. The second-order valence-corrected chi connectivity index (χ2v) is 18.5. The molecule has 2 aromatic carbocycles. The average molecular weight is 912 g/mol. The number of hydrogen-bond acceptors (Lipinski definition) is 11. The van der Waals surface area contributed by atoms with Crippen LogP contribution in [0.4, 0.5) is 13.6 Å². The van der Waals surface area contributed by atoms with Crippen LogP contribution < -0.4 is 37.1 Å². The van der Waals surface area contributed by atoms with Gasteiger partial charge in [-0.25, -0.2) is 18.3 Å². The van der Waals surface area contributed by atoms with Crippen LogP contribution in [-0.2, 0) is 25.7 Å². The van der Waals surface area contributed by atoms with Crippen molar-refractivity contribution >= 4 is 41.3 Å². The summed E-state index contributed by atoms with van der Waals surface area (Å²) in [6, 6.07) is 9.04. The summed E-state index contributed by atoms with van der Waals surface area (Å²) >= 11 is 1.88. The van der Waals surface area contributed by atoms with Crippen molar-refractivity contribution in [2.45, 2.75) is 127 Å². The molecule has 0 aliphatic carbocycles. The van der Waals surface area contributed by atoms with E-state index >= 15 is 0 Å². The lowest BCUT2D eigenvalue weighted by Gasteiger charge is -2.31. The van der Waals surface area contributed by atoms with Crippen LogP contribution in [0.1, 0.15) is 108 Å². The maximum atomic E-state index is 14.1. The summed E-state index contributed by atoms with van der Waals surface area (Å²) in [6.07, 6.45) is 7.98. The third-order valence-corrected chi connectivity index (χ3v) is 13.4. The first-order valence-corrected chi connectivity index (χ1v) is 23.2. The first-order valence-electron chi connectivity index (χ1n) is 22.1. The summed E-state index contributed by atoms with van der Waals surface area (Å²) in [5, 5.41) is 23.4. The van der Waals surface area contributed by atoms with E-state index in [0.717, 1.165) is 43.6 Å². The molecular weight excluding hydrogens is 849 g/mol. The summed E-state index contributed by atoms with van der Waals surface area (Å²) in [4.78, 5) is 64.0. The van der Waals surface area contributed by atoms with Crippen LogP contribution in [0.3, 0.4) is 0 Å². The molecule has 2 aliphatic heterocycles. The summed E-state index contributed by atoms with van der Waals surface area (Å²) in [5.41, 5.74) is 5.61. The number of urea groups is 1. The molecule has 64 heavy (non-hydrogen) atoms. The Kier molecular flexibility index (Phi) is 18.5. The zero-order valence-corrected chi connectivity index (χ0v) is 38.0. The van der Waals surface area contributed by atoms with E-state index in [9.17, 15) is 32.8 Å². The fourth-order valence-electron chi connectivity index (χ4n) is 7.46. The molecule has 5 atom stereocenters. The molecule has 3 aromatic rings. The average Bonchev–Trinajstić information content (AvgIpc) is 4.00. The number of carbonyl (C=O) groups is 5. The van der Waals surface area contributed by atoms with Gasteiger partial charge in [0.05, 0.1) is 42.2 Å². The first-order chi connectivity index (χ1) is 30.6. The number of rotatable bonds is 27. The SMILES string of the molecule is CCC(C)(CCNC(=O)CCCC[C@@H]1SC[C@@H]2NC(=O)N[C@@H]21)OCCC(C)(C)C(=O)NCc1cn(-c2cccc(C(=O)N[C@@H](CCCCN)C(=O)COc3c(F)cccc3F)c2)nn1. The number of ketones is 1. The highest BCUT2D eigenvalue weighted by Crippen LogP contribution is 2.33. The second-order valence-electron chi connectivity index (χ2n) is 17.3. The minimum atomic E-state index is -0.995. The molecule has 3 heterocycles. The van der Waals surface area contributed by atoms with Gasteiger partial charge in [0.25, 0.3) is 5.91 Å². The Morgan fingerprint density at radius 3 is 2.53 bits per heavy atom. The Morgan fingerprint density at radius 1 is 1.02 bits per heavy atom. The zero-order chi connectivity index (χ0) is 46.3. The number of nitrogens with two attached hydrogens (primary N) is 1. The van der Waals surface area contributed by atoms with Gasteiger partial charge in [-0.05, 0) is 95.2 Å². The van der Waals surface area contributed by atoms with E-state index in [1.807, 2.05) is 39.5 Å². The standard InChI is InChI=1S/C45H63F2N9O7S/c1-5-45(4,19-22-49-38(58)18-7-6-17-37-39-35(28-64-37)52-43(61)53-39)63-23-20-44(2,3)42(60)50-25-30-26-56(55-54-30)31-13-10-12-29(24-31)41(59)51-34(16-8-9-21-48)36(57)27-62-40-32(46)14-11-15-33(40)47/h10-15,24,26,34-35,37,39H,5-9,16-23,25,27-28,48H2,1-4H3,(H,49,58)(H,50,60)(H,51,59)(H2,52,53,61)/t34-,35-,37-,39-,45?/m0/s1. The minimum Gasteiger partial charge on any atom is -0.480 e. The maximum absolute atomic E-state index is 14.1. The number of ether oxygens (including phenoxy) is 2. The number of hydrogen-bond donors (Lipinski definition) is 6. The van der Waals surface area contributed by atoms with Crippen molar-refractivity contribution in [1.29, 1.82) is 0 Å². The lowest BCUT2D eigenvalue weighted by molar-refractivity contribution is -0.132. The fourth-order valence-corrected chi connectivity index (χ4v) is 9.01. The molecule has 16 nitrogen and oxygen atoms in total. The van der Waals surface area contributed by atoms with Gasteiger partial charge in [-0.15, -0.1) is 5.10 Å². The van der Waals surface area contributed by atoms with Gasteiger partial charge < -0.3 is 41.8 Å². The molecule has 7 N–H and O–H groups in total. The number of nitrogens with zero attached hydrogens (tertiary/aromatic N) is 3. The van der Waals surface area contributed by atoms with Gasteiger partial charge in [0.2, 0.25) is 11.8 Å². The van der Waals surface area contributed by atoms with Crippen molar-refractivity contribution < 1.29 is 42.2 Å². The third-order valence-electron chi connectivity index (χ3n) is 11.9. The van der Waals surface area contributed by atoms with Gasteiger partial charge in [-0.1, -0.05) is 44.5 Å². The molecule has 0 bridgehead atoms. The molecule has 2 aliphatic rings. The quantitative estimate of drug-likeness (QED) is 0.0448. The van der Waals surface area contributed by atoms with Gasteiger partial charge in [0.15, 0.2) is 23.2 Å². The van der Waals surface area contributed by atoms with E-state index in [2.05, 4.69) is 36.9 Å². The number of fused-ring (bicyclic) bond motifs is 1. The Hall–Kier alpha value is -5.14. The molecule has 2 fully saturated rings. The Bertz CT molecular complexity index is 2050. The lowest BCUT2D eigenvalue weighted by atomic mass is 9.88. The van der Waals surface area contributed by atoms with Crippen LogP contribution >= 0.6 is 11.8 Å². The monoisotopic (exact) mass is 911 g/mol. The molecule has 0 saturated carbocycles. The minimum absolute atomic E-state index is 0.0153. The molecular formula is C45H63F2N9O7S. The van der Waals surface area contributed by atoms with Crippen LogP contribution in [0.2, 0.25) is 0 Å². The van der Waals surface area contributed by atoms with Crippen molar-refractivity contribution in [3.63, 3.8) is 0 Å². The number of unbranched alkanes of at least 4 members (excludes halogenated alkanes) is 2. The number of Topliss-reactive ketones (excluding diaryl/α,β-unsaturated/α-hetero) is 1. The largest absolute Gasteiger partial charge is 0.480 e. The number of carbonyl (C=O) groups excluding carboxylic acids is 5. The summed E-state index contributed by atoms with van der Waals surface area (Å²) in [5.74, 6) is -2.92. The van der Waals surface area contributed by atoms with Crippen molar-refractivity contribution in [2.24, 2.45) is 11.1 Å². The van der Waals surface area contributed by atoms with E-state index in [1.165, 1.54) is 10.7 Å². The van der Waals surface area contributed by atoms with E-state index in [4.69, 9.17) is 15.2 Å². The third kappa shape index (κ3) is 14.4. The highest BCUT2D eigenvalue weighted by atomic mass is 32.2. The van der Waals surface area contributed by atoms with Crippen LogP contribution in [0, 0.1) is 17.0 Å². The highest BCUT2D eigenvalue weighted by Gasteiger charge is 2.42. The molecule has 1 unspecified atom stereocenters. The molecule has 19 heteroatoms. The molecule has 350 valence electrons. The number of amides is 5. The van der Waals surface area contributed by atoms with E-state index in [-0.39, 0.29) is 48.5 Å². The van der Waals surface area contributed by atoms with E-state index in [1.54, 1.807) is 30.5 Å². The number of aromatic nitrogens is 3. The molecule has 1 aromatic heterocycles. The number of nitrogens with one attached hydrogen (secondary N) is 5. The van der Waals surface area contributed by atoms with E-state index in [0.29, 0.717) is 68.4 Å². The Morgan fingerprint density at radius 2 is 1.78 bits per heavy atom. The topological polar surface area (TPSA) is 221 Å². The molecule has 5 amide bonds. The normalized spacial score (nSPS) is 18.3. The van der Waals surface area contributed by atoms with Crippen LogP contribution in [0.15, 0.2) is 48.7 Å². The van der Waals surface area contributed by atoms with Crippen LogP contribution in [-0.4, -0.2) is 106 Å². The first kappa shape index (κ1) is 49.9. The Labute approximate surface area is 377 Å². The zero-order valence-electron chi connectivity index (χ0n) is 37.2. The van der Waals surface area contributed by atoms with Gasteiger partial charge >= 0.3 is 6.03 Å². The van der Waals surface area contributed by atoms with Crippen molar-refractivity contribution in [3.05, 3.63) is 71.6 Å². The number of benzene rings is 2. The molecule has 0 radical (unpaired) electrons. The summed E-state index contributed by atoms with van der Waals surface area (Å²) < 4.78 is 41.1. The number of para-hydroxylation sites is 1. The fraction of sp³-hybridized carbons (Fsp3) is 0.578. The van der Waals surface area contributed by atoms with Gasteiger partial charge in [-0.2, -0.15) is 11.8 Å². The lowest BCUT2D eigenvalue weighted by Crippen LogP contribution is -2.43. The molecule has 5 rings (SSSR count). The van der Waals surface area contributed by atoms with Gasteiger partial charge in [-0.3, -0.25) is 19.2 Å². The Balaban J connectivity index is 1.03. The van der Waals surface area contributed by atoms with Crippen LogP contribution in [0.25, 0.3) is 5.69 Å². The van der Waals surface area contributed by atoms with E-state index < -0.39 is 52.7 Å². The summed E-state index contributed by atoms with van der Waals surface area (Å²) in [6.45, 7) is 8.43. The van der Waals surface area contributed by atoms with Crippen LogP contribution in [0.5, 0.6) is 5.75 Å². The maximum Gasteiger partial charge on any atom is 0.315 e. The van der Waals surface area contributed by atoms with Crippen molar-refractivity contribution in [2.75, 3.05) is 32.1 Å². The molecule has 2 saturated heterocycles. The second kappa shape index (κ2) is 23.7. The van der Waals surface area contributed by atoms with Crippen molar-refractivity contribution in [3.8, 4) is 11.4 Å². The molecule has 0 spiro atoms. The number of thioether (sulfide) groups is 1.